The highest BCUT2D eigenvalue weighted by Crippen LogP contribution is 2.28. The molecule has 1 aromatic heterocycles. The van der Waals surface area contributed by atoms with Crippen LogP contribution in [0, 0.1) is 6.92 Å². The van der Waals surface area contributed by atoms with Gasteiger partial charge in [0.25, 0.3) is 5.91 Å². The number of amides is 1. The fraction of sp³-hybridized carbons (Fsp3) is 0.0909. The third-order valence-corrected chi connectivity index (χ3v) is 2.88. The SMILES string of the molecule is Cc1cc(C(=O)NO)nc2c(Cl)cc(Cl)cc12. The molecule has 0 aliphatic carbocycles. The lowest BCUT2D eigenvalue weighted by Crippen LogP contribution is -2.20. The highest BCUT2D eigenvalue weighted by molar-refractivity contribution is 6.38. The molecule has 0 bridgehead atoms. The molecule has 4 nitrogen and oxygen atoms in total. The molecule has 0 aliphatic heterocycles. The van der Waals surface area contributed by atoms with Crippen LogP contribution < -0.4 is 5.48 Å². The third kappa shape index (κ3) is 2.20. The lowest BCUT2D eigenvalue weighted by molar-refractivity contribution is 0.0701. The molecule has 0 unspecified atom stereocenters. The molecule has 0 radical (unpaired) electrons. The van der Waals surface area contributed by atoms with Gasteiger partial charge < -0.3 is 0 Å². The molecule has 6 heteroatoms. The molecule has 88 valence electrons. The van der Waals surface area contributed by atoms with E-state index in [2.05, 4.69) is 4.98 Å². The molecule has 2 N–H and O–H groups in total. The predicted octanol–water partition coefficient (Wildman–Crippen LogP) is 2.97. The van der Waals surface area contributed by atoms with E-state index < -0.39 is 5.91 Å². The lowest BCUT2D eigenvalue weighted by Gasteiger charge is -2.07. The van der Waals surface area contributed by atoms with Crippen molar-refractivity contribution in [2.24, 2.45) is 0 Å². The summed E-state index contributed by atoms with van der Waals surface area (Å²) in [7, 11) is 0. The van der Waals surface area contributed by atoms with Crippen molar-refractivity contribution < 1.29 is 10.0 Å². The summed E-state index contributed by atoms with van der Waals surface area (Å²) in [5.41, 5.74) is 2.92. The standard InChI is InChI=1S/C11H8Cl2N2O2/c1-5-2-9(11(16)15-17)14-10-7(5)3-6(12)4-8(10)13/h2-4,17H,1H3,(H,15,16). The molecule has 17 heavy (non-hydrogen) atoms. The van der Waals surface area contributed by atoms with Gasteiger partial charge >= 0.3 is 0 Å². The van der Waals surface area contributed by atoms with Crippen molar-refractivity contribution in [3.05, 3.63) is 39.5 Å². The number of carbonyl (C=O) groups excluding carboxylic acids is 1. The van der Waals surface area contributed by atoms with E-state index in [1.807, 2.05) is 6.92 Å². The molecule has 0 saturated heterocycles. The van der Waals surface area contributed by atoms with Crippen molar-refractivity contribution >= 4 is 40.0 Å². The van der Waals surface area contributed by atoms with Gasteiger partial charge in [-0.2, -0.15) is 0 Å². The van der Waals surface area contributed by atoms with E-state index in [9.17, 15) is 4.79 Å². The van der Waals surface area contributed by atoms with Crippen LogP contribution in [0.4, 0.5) is 0 Å². The number of hydrogen-bond donors (Lipinski definition) is 2. The van der Waals surface area contributed by atoms with Crippen molar-refractivity contribution in [1.29, 1.82) is 0 Å². The molecule has 2 rings (SSSR count). The zero-order valence-corrected chi connectivity index (χ0v) is 10.3. The van der Waals surface area contributed by atoms with E-state index in [1.54, 1.807) is 18.2 Å². The van der Waals surface area contributed by atoms with Gasteiger partial charge in [0.05, 0.1) is 10.5 Å². The van der Waals surface area contributed by atoms with Gasteiger partial charge in [0.2, 0.25) is 0 Å². The summed E-state index contributed by atoms with van der Waals surface area (Å²) in [6, 6.07) is 4.84. The average molecular weight is 271 g/mol. The highest BCUT2D eigenvalue weighted by Gasteiger charge is 2.12. The van der Waals surface area contributed by atoms with Crippen LogP contribution in [0.2, 0.25) is 10.0 Å². The topological polar surface area (TPSA) is 62.2 Å². The maximum absolute atomic E-state index is 11.3. The molecule has 0 atom stereocenters. The lowest BCUT2D eigenvalue weighted by atomic mass is 10.1. The van der Waals surface area contributed by atoms with Gasteiger partial charge in [0.1, 0.15) is 5.69 Å². The number of aryl methyl sites for hydroxylation is 1. The summed E-state index contributed by atoms with van der Waals surface area (Å²) in [5, 5.41) is 10.2. The molecular weight excluding hydrogens is 263 g/mol. The van der Waals surface area contributed by atoms with Crippen LogP contribution >= 0.6 is 23.2 Å². The Morgan fingerprint density at radius 2 is 2.06 bits per heavy atom. The normalized spacial score (nSPS) is 10.6. The molecule has 2 aromatic rings. The van der Waals surface area contributed by atoms with Crippen LogP contribution in [0.5, 0.6) is 0 Å². The minimum absolute atomic E-state index is 0.0988. The molecule has 0 aliphatic rings. The minimum atomic E-state index is -0.680. The Kier molecular flexibility index (Phi) is 3.19. The number of halogens is 2. The largest absolute Gasteiger partial charge is 0.293 e. The van der Waals surface area contributed by atoms with Crippen molar-refractivity contribution in [2.75, 3.05) is 0 Å². The van der Waals surface area contributed by atoms with Gasteiger partial charge in [0.15, 0.2) is 0 Å². The van der Waals surface area contributed by atoms with Crippen molar-refractivity contribution in [1.82, 2.24) is 10.5 Å². The zero-order valence-electron chi connectivity index (χ0n) is 8.79. The van der Waals surface area contributed by atoms with E-state index in [-0.39, 0.29) is 5.69 Å². The third-order valence-electron chi connectivity index (χ3n) is 2.37. The zero-order chi connectivity index (χ0) is 12.6. The average Bonchev–Trinajstić information content (AvgIpc) is 2.29. The van der Waals surface area contributed by atoms with Crippen LogP contribution in [0.1, 0.15) is 16.1 Å². The van der Waals surface area contributed by atoms with Gasteiger partial charge in [-0.25, -0.2) is 10.5 Å². The first-order valence-electron chi connectivity index (χ1n) is 4.73. The Morgan fingerprint density at radius 1 is 1.35 bits per heavy atom. The van der Waals surface area contributed by atoms with Gasteiger partial charge in [-0.15, -0.1) is 0 Å². The van der Waals surface area contributed by atoms with Crippen LogP contribution in [-0.4, -0.2) is 16.1 Å². The maximum atomic E-state index is 11.3. The number of pyridine rings is 1. The van der Waals surface area contributed by atoms with E-state index >= 15 is 0 Å². The van der Waals surface area contributed by atoms with Crippen LogP contribution in [-0.2, 0) is 0 Å². The summed E-state index contributed by atoms with van der Waals surface area (Å²) >= 11 is 11.9. The Hall–Kier alpha value is -1.36. The van der Waals surface area contributed by atoms with Gasteiger partial charge in [-0.05, 0) is 30.7 Å². The Labute approximate surface area is 107 Å². The smallest absolute Gasteiger partial charge is 0.288 e. The first-order chi connectivity index (χ1) is 8.02. The monoisotopic (exact) mass is 270 g/mol. The summed E-state index contributed by atoms with van der Waals surface area (Å²) in [6.07, 6.45) is 0. The van der Waals surface area contributed by atoms with Crippen LogP contribution in [0.25, 0.3) is 10.9 Å². The number of hydrogen-bond acceptors (Lipinski definition) is 3. The first-order valence-corrected chi connectivity index (χ1v) is 5.49. The summed E-state index contributed by atoms with van der Waals surface area (Å²) in [6.45, 7) is 1.81. The molecule has 1 amide bonds. The molecule has 1 heterocycles. The Balaban J connectivity index is 2.77. The Bertz CT molecular complexity index is 614. The van der Waals surface area contributed by atoms with Gasteiger partial charge in [-0.1, -0.05) is 23.2 Å². The fourth-order valence-electron chi connectivity index (χ4n) is 1.59. The van der Waals surface area contributed by atoms with Crippen molar-refractivity contribution in [2.45, 2.75) is 6.92 Å². The van der Waals surface area contributed by atoms with E-state index in [4.69, 9.17) is 28.4 Å². The van der Waals surface area contributed by atoms with Crippen LogP contribution in [0.15, 0.2) is 18.2 Å². The molecule has 0 saturated carbocycles. The summed E-state index contributed by atoms with van der Waals surface area (Å²) in [4.78, 5) is 15.4. The van der Waals surface area contributed by atoms with E-state index in [0.717, 1.165) is 10.9 Å². The maximum Gasteiger partial charge on any atom is 0.293 e. The summed E-state index contributed by atoms with van der Waals surface area (Å²) < 4.78 is 0. The molecule has 1 aromatic carbocycles. The number of benzene rings is 1. The number of aromatic nitrogens is 1. The number of rotatable bonds is 1. The van der Waals surface area contributed by atoms with Crippen LogP contribution in [0.3, 0.4) is 0 Å². The molecule has 0 fully saturated rings. The Morgan fingerprint density at radius 3 is 2.71 bits per heavy atom. The number of nitrogens with one attached hydrogen (secondary N) is 1. The predicted molar refractivity (Wildman–Crippen MR) is 65.8 cm³/mol. The van der Waals surface area contributed by atoms with Gasteiger partial charge in [-0.3, -0.25) is 10.0 Å². The minimum Gasteiger partial charge on any atom is -0.288 e. The molecular formula is C11H8Cl2N2O2. The molecule has 0 spiro atoms. The number of carbonyl (C=O) groups is 1. The van der Waals surface area contributed by atoms with Gasteiger partial charge in [0, 0.05) is 10.4 Å². The summed E-state index contributed by atoms with van der Waals surface area (Å²) in [5.74, 6) is -0.680. The van der Waals surface area contributed by atoms with E-state index in [0.29, 0.717) is 15.6 Å². The number of fused-ring (bicyclic) bond motifs is 1. The van der Waals surface area contributed by atoms with Crippen molar-refractivity contribution in [3.63, 3.8) is 0 Å². The second kappa shape index (κ2) is 4.49. The number of nitrogens with zero attached hydrogens (tertiary/aromatic N) is 1. The van der Waals surface area contributed by atoms with E-state index in [1.165, 1.54) is 5.48 Å². The number of hydroxylamine groups is 1. The highest BCUT2D eigenvalue weighted by atomic mass is 35.5. The first kappa shape index (κ1) is 12.1. The second-order valence-corrected chi connectivity index (χ2v) is 4.39. The quantitative estimate of drug-likeness (QED) is 0.619. The second-order valence-electron chi connectivity index (χ2n) is 3.55. The fourth-order valence-corrected chi connectivity index (χ4v) is 2.13. The van der Waals surface area contributed by atoms with Crippen molar-refractivity contribution in [3.8, 4) is 0 Å².